The van der Waals surface area contributed by atoms with E-state index >= 15 is 0 Å². The summed E-state index contributed by atoms with van der Waals surface area (Å²) in [5, 5.41) is 11.8. The van der Waals surface area contributed by atoms with Crippen molar-refractivity contribution in [1.29, 1.82) is 0 Å². The molecule has 2 N–H and O–H groups in total. The van der Waals surface area contributed by atoms with Gasteiger partial charge in [0.05, 0.1) is 11.3 Å². The molecule has 6 heteroatoms. The quantitative estimate of drug-likeness (QED) is 0.576. The van der Waals surface area contributed by atoms with E-state index in [0.29, 0.717) is 46.3 Å². The van der Waals surface area contributed by atoms with Crippen molar-refractivity contribution in [3.8, 4) is 0 Å². The van der Waals surface area contributed by atoms with Crippen LogP contribution in [0.5, 0.6) is 0 Å². The van der Waals surface area contributed by atoms with Crippen LogP contribution in [0.1, 0.15) is 52.4 Å². The van der Waals surface area contributed by atoms with Crippen LogP contribution in [0.15, 0.2) is 18.2 Å². The number of carbonyl (C=O) groups is 2. The standard InChI is InChI=1S/C19H22FNO4/c1-10(6-8-15(22)23)5-7-13-16(12(3)20)11(2)14-9-25-19(24)17(14)18(13)21-4/h5,21H,3,6-9H2,1-2,4H3,(H,22,23)/b10-5+. The van der Waals surface area contributed by atoms with E-state index in [9.17, 15) is 14.0 Å². The maximum atomic E-state index is 14.2. The number of carbonyl (C=O) groups excluding carboxylic acids is 1. The van der Waals surface area contributed by atoms with Crippen LogP contribution in [0.4, 0.5) is 10.1 Å². The number of nitrogens with one attached hydrogen (secondary N) is 1. The van der Waals surface area contributed by atoms with E-state index in [4.69, 9.17) is 9.84 Å². The van der Waals surface area contributed by atoms with Gasteiger partial charge in [-0.25, -0.2) is 9.18 Å². The molecule has 1 aromatic carbocycles. The first kappa shape index (κ1) is 18.7. The Hall–Kier alpha value is -2.63. The van der Waals surface area contributed by atoms with Gasteiger partial charge in [0, 0.05) is 24.6 Å². The van der Waals surface area contributed by atoms with Crippen LogP contribution in [0.25, 0.3) is 5.83 Å². The highest BCUT2D eigenvalue weighted by molar-refractivity contribution is 6.02. The minimum atomic E-state index is -0.863. The maximum absolute atomic E-state index is 14.2. The number of rotatable bonds is 7. The van der Waals surface area contributed by atoms with Crippen molar-refractivity contribution >= 4 is 23.5 Å². The summed E-state index contributed by atoms with van der Waals surface area (Å²) < 4.78 is 19.3. The molecule has 0 radical (unpaired) electrons. The average Bonchev–Trinajstić information content (AvgIpc) is 2.93. The number of esters is 1. The number of cyclic esters (lactones) is 1. The van der Waals surface area contributed by atoms with Crippen molar-refractivity contribution < 1.29 is 23.8 Å². The number of benzene rings is 1. The van der Waals surface area contributed by atoms with Crippen LogP contribution in [-0.2, 0) is 22.6 Å². The first-order valence-corrected chi connectivity index (χ1v) is 8.03. The molecule has 0 spiro atoms. The van der Waals surface area contributed by atoms with Crippen LogP contribution in [0.3, 0.4) is 0 Å². The minimum absolute atomic E-state index is 0.0411. The smallest absolute Gasteiger partial charge is 0.341 e. The monoisotopic (exact) mass is 347 g/mol. The van der Waals surface area contributed by atoms with Crippen LogP contribution < -0.4 is 5.32 Å². The Morgan fingerprint density at radius 3 is 2.68 bits per heavy atom. The molecule has 0 saturated heterocycles. The molecule has 2 rings (SSSR count). The molecule has 5 nitrogen and oxygen atoms in total. The number of anilines is 1. The van der Waals surface area contributed by atoms with Crippen molar-refractivity contribution in [1.82, 2.24) is 0 Å². The Balaban J connectivity index is 2.52. The number of ether oxygens (including phenoxy) is 1. The summed E-state index contributed by atoms with van der Waals surface area (Å²) in [5.74, 6) is -1.85. The van der Waals surface area contributed by atoms with E-state index in [1.54, 1.807) is 14.0 Å². The molecular formula is C19H22FNO4. The Bertz CT molecular complexity index is 780. The largest absolute Gasteiger partial charge is 0.481 e. The molecule has 0 unspecified atom stereocenters. The van der Waals surface area contributed by atoms with Gasteiger partial charge in [0.1, 0.15) is 12.4 Å². The summed E-state index contributed by atoms with van der Waals surface area (Å²) in [6.07, 6.45) is 2.68. The molecule has 0 aliphatic carbocycles. The second-order valence-corrected chi connectivity index (χ2v) is 6.09. The fourth-order valence-corrected chi connectivity index (χ4v) is 3.14. The number of carboxylic acids is 1. The molecule has 0 fully saturated rings. The van der Waals surface area contributed by atoms with Gasteiger partial charge in [0.15, 0.2) is 0 Å². The van der Waals surface area contributed by atoms with E-state index in [1.807, 2.05) is 13.0 Å². The second-order valence-electron chi connectivity index (χ2n) is 6.09. The molecule has 25 heavy (non-hydrogen) atoms. The SMILES string of the molecule is C=C(F)c1c(C)c2c(c(NC)c1C/C=C(\C)CCC(=O)O)C(=O)OC2. The Morgan fingerprint density at radius 1 is 1.44 bits per heavy atom. The molecule has 0 aromatic heterocycles. The lowest BCUT2D eigenvalue weighted by atomic mass is 9.88. The van der Waals surface area contributed by atoms with Gasteiger partial charge in [0.2, 0.25) is 0 Å². The number of allylic oxidation sites excluding steroid dienone is 2. The van der Waals surface area contributed by atoms with Gasteiger partial charge in [-0.1, -0.05) is 18.2 Å². The summed E-state index contributed by atoms with van der Waals surface area (Å²) in [4.78, 5) is 22.8. The molecule has 134 valence electrons. The summed E-state index contributed by atoms with van der Waals surface area (Å²) in [6.45, 7) is 7.15. The number of carboxylic acid groups (broad SMARTS) is 1. The molecule has 0 bridgehead atoms. The van der Waals surface area contributed by atoms with Gasteiger partial charge >= 0.3 is 11.9 Å². The van der Waals surface area contributed by atoms with E-state index in [1.165, 1.54) is 0 Å². The third-order valence-corrected chi connectivity index (χ3v) is 4.44. The van der Waals surface area contributed by atoms with Gasteiger partial charge < -0.3 is 15.2 Å². The molecule has 1 aliphatic heterocycles. The summed E-state index contributed by atoms with van der Waals surface area (Å²) >= 11 is 0. The first-order chi connectivity index (χ1) is 11.8. The van der Waals surface area contributed by atoms with Crippen LogP contribution >= 0.6 is 0 Å². The highest BCUT2D eigenvalue weighted by Crippen LogP contribution is 2.39. The van der Waals surface area contributed by atoms with Crippen LogP contribution in [0, 0.1) is 6.92 Å². The third kappa shape index (κ3) is 3.73. The van der Waals surface area contributed by atoms with Crippen molar-refractivity contribution in [2.75, 3.05) is 12.4 Å². The second kappa shape index (κ2) is 7.51. The number of halogens is 1. The van der Waals surface area contributed by atoms with Gasteiger partial charge in [-0.2, -0.15) is 0 Å². The van der Waals surface area contributed by atoms with Gasteiger partial charge in [0.25, 0.3) is 0 Å². The predicted molar refractivity (Wildman–Crippen MR) is 94.3 cm³/mol. The lowest BCUT2D eigenvalue weighted by Gasteiger charge is -2.19. The van der Waals surface area contributed by atoms with Gasteiger partial charge in [-0.05, 0) is 37.8 Å². The minimum Gasteiger partial charge on any atom is -0.481 e. The lowest BCUT2D eigenvalue weighted by molar-refractivity contribution is -0.136. The molecule has 1 aromatic rings. The summed E-state index contributed by atoms with van der Waals surface area (Å²) in [7, 11) is 1.67. The van der Waals surface area contributed by atoms with Crippen molar-refractivity contribution in [2.45, 2.75) is 39.7 Å². The van der Waals surface area contributed by atoms with E-state index < -0.39 is 17.8 Å². The van der Waals surface area contributed by atoms with Crippen LogP contribution in [0.2, 0.25) is 0 Å². The molecule has 0 amide bonds. The predicted octanol–water partition coefficient (Wildman–Crippen LogP) is 4.00. The average molecular weight is 347 g/mol. The number of hydrogen-bond donors (Lipinski definition) is 2. The fraction of sp³-hybridized carbons (Fsp3) is 0.368. The number of aliphatic carboxylic acids is 1. The fourth-order valence-electron chi connectivity index (χ4n) is 3.14. The lowest BCUT2D eigenvalue weighted by Crippen LogP contribution is -2.09. The Labute approximate surface area is 146 Å². The topological polar surface area (TPSA) is 75.6 Å². The van der Waals surface area contributed by atoms with E-state index in [2.05, 4.69) is 11.9 Å². The Morgan fingerprint density at radius 2 is 2.12 bits per heavy atom. The molecule has 1 aliphatic rings. The number of fused-ring (bicyclic) bond motifs is 1. The van der Waals surface area contributed by atoms with Crippen molar-refractivity contribution in [3.63, 3.8) is 0 Å². The summed E-state index contributed by atoms with van der Waals surface area (Å²) in [6, 6.07) is 0. The van der Waals surface area contributed by atoms with Gasteiger partial charge in [-0.15, -0.1) is 0 Å². The van der Waals surface area contributed by atoms with Crippen LogP contribution in [-0.4, -0.2) is 24.1 Å². The molecule has 1 heterocycles. The van der Waals surface area contributed by atoms with Gasteiger partial charge in [-0.3, -0.25) is 4.79 Å². The van der Waals surface area contributed by atoms with Crippen molar-refractivity contribution in [3.05, 3.63) is 46.0 Å². The van der Waals surface area contributed by atoms with E-state index in [-0.39, 0.29) is 13.0 Å². The third-order valence-electron chi connectivity index (χ3n) is 4.44. The zero-order valence-corrected chi connectivity index (χ0v) is 14.7. The molecular weight excluding hydrogens is 325 g/mol. The number of hydrogen-bond acceptors (Lipinski definition) is 4. The normalized spacial score (nSPS) is 13.4. The van der Waals surface area contributed by atoms with Crippen molar-refractivity contribution in [2.24, 2.45) is 0 Å². The molecule has 0 saturated carbocycles. The zero-order chi connectivity index (χ0) is 18.7. The molecule has 0 atom stereocenters. The first-order valence-electron chi connectivity index (χ1n) is 8.03. The zero-order valence-electron chi connectivity index (χ0n) is 14.7. The highest BCUT2D eigenvalue weighted by Gasteiger charge is 2.31. The van der Waals surface area contributed by atoms with E-state index in [0.717, 1.165) is 5.57 Å². The maximum Gasteiger partial charge on any atom is 0.341 e. The summed E-state index contributed by atoms with van der Waals surface area (Å²) in [5.41, 5.74) is 4.21. The Kier molecular flexibility index (Phi) is 5.62. The highest BCUT2D eigenvalue weighted by atomic mass is 19.1.